The lowest BCUT2D eigenvalue weighted by atomic mass is 10.1. The van der Waals surface area contributed by atoms with E-state index in [0.29, 0.717) is 13.0 Å². The van der Waals surface area contributed by atoms with Crippen molar-refractivity contribution in [3.05, 3.63) is 35.4 Å². The molecule has 0 radical (unpaired) electrons. The second kappa shape index (κ2) is 11.7. The summed E-state index contributed by atoms with van der Waals surface area (Å²) in [6.07, 6.45) is 2.10. The number of amides is 1. The van der Waals surface area contributed by atoms with Crippen molar-refractivity contribution in [2.45, 2.75) is 59.2 Å². The second-order valence-corrected chi connectivity index (χ2v) is 7.20. The van der Waals surface area contributed by atoms with E-state index in [2.05, 4.69) is 34.4 Å². The highest BCUT2D eigenvalue weighted by molar-refractivity contribution is 5.81. The molecule has 2 rings (SSSR count). The molecule has 0 aliphatic carbocycles. The van der Waals surface area contributed by atoms with Crippen LogP contribution in [0.25, 0.3) is 0 Å². The molecule has 1 saturated heterocycles. The van der Waals surface area contributed by atoms with Crippen LogP contribution in [0.5, 0.6) is 0 Å². The Morgan fingerprint density at radius 2 is 2.04 bits per heavy atom. The Kier molecular flexibility index (Phi) is 9.28. The molecule has 27 heavy (non-hydrogen) atoms. The summed E-state index contributed by atoms with van der Waals surface area (Å²) in [5.74, 6) is -0.105. The number of hydrogen-bond donors (Lipinski definition) is 1. The molecule has 150 valence electrons. The molecule has 1 heterocycles. The van der Waals surface area contributed by atoms with Crippen LogP contribution in [0, 0.1) is 0 Å². The van der Waals surface area contributed by atoms with Gasteiger partial charge in [-0.05, 0) is 37.8 Å². The van der Waals surface area contributed by atoms with Crippen LogP contribution in [0.3, 0.4) is 0 Å². The van der Waals surface area contributed by atoms with E-state index < -0.39 is 6.10 Å². The lowest BCUT2D eigenvalue weighted by Crippen LogP contribution is -2.36. The zero-order valence-electron chi connectivity index (χ0n) is 16.9. The predicted molar refractivity (Wildman–Crippen MR) is 108 cm³/mol. The molecule has 1 aromatic rings. The number of morpholine rings is 1. The standard InChI is InChI=1S/C21H33N3O3/c1-4-5-9-20(27-23-17(2)3)21(25)22-15-18-7-6-8-19(14-18)16-24-10-12-26-13-11-24/h6-8,14,20H,4-5,9-13,15-16H2,1-3H3,(H,22,25). The Labute approximate surface area is 162 Å². The van der Waals surface area contributed by atoms with Gasteiger partial charge in [0.1, 0.15) is 0 Å². The number of carbonyl (C=O) groups is 1. The molecular weight excluding hydrogens is 342 g/mol. The number of carbonyl (C=O) groups excluding carboxylic acids is 1. The van der Waals surface area contributed by atoms with Gasteiger partial charge in [-0.2, -0.15) is 0 Å². The van der Waals surface area contributed by atoms with Crippen molar-refractivity contribution in [2.75, 3.05) is 26.3 Å². The maximum atomic E-state index is 12.5. The van der Waals surface area contributed by atoms with E-state index in [0.717, 1.165) is 57.0 Å². The Morgan fingerprint density at radius 1 is 1.30 bits per heavy atom. The lowest BCUT2D eigenvalue weighted by Gasteiger charge is -2.26. The summed E-state index contributed by atoms with van der Waals surface area (Å²) >= 11 is 0. The molecule has 1 unspecified atom stereocenters. The topological polar surface area (TPSA) is 63.2 Å². The first-order valence-corrected chi connectivity index (χ1v) is 9.91. The van der Waals surface area contributed by atoms with Crippen LogP contribution in [0.2, 0.25) is 0 Å². The molecule has 0 aromatic heterocycles. The maximum Gasteiger partial charge on any atom is 0.264 e. The molecule has 0 saturated carbocycles. The number of ether oxygens (including phenoxy) is 1. The number of benzene rings is 1. The normalized spacial score (nSPS) is 15.8. The van der Waals surface area contributed by atoms with Crippen molar-refractivity contribution in [3.63, 3.8) is 0 Å². The van der Waals surface area contributed by atoms with Gasteiger partial charge in [-0.3, -0.25) is 9.69 Å². The minimum Gasteiger partial charge on any atom is -0.382 e. The average Bonchev–Trinajstić information content (AvgIpc) is 2.67. The smallest absolute Gasteiger partial charge is 0.264 e. The third-order valence-electron chi connectivity index (χ3n) is 4.44. The zero-order valence-corrected chi connectivity index (χ0v) is 16.9. The number of unbranched alkanes of at least 4 members (excludes halogenated alkanes) is 1. The maximum absolute atomic E-state index is 12.5. The summed E-state index contributed by atoms with van der Waals surface area (Å²) in [6, 6.07) is 8.38. The predicted octanol–water partition coefficient (Wildman–Crippen LogP) is 3.11. The van der Waals surface area contributed by atoms with E-state index in [1.54, 1.807) is 0 Å². The van der Waals surface area contributed by atoms with Gasteiger partial charge in [-0.1, -0.05) is 42.8 Å². The van der Waals surface area contributed by atoms with Gasteiger partial charge in [-0.25, -0.2) is 0 Å². The van der Waals surface area contributed by atoms with E-state index in [1.807, 2.05) is 26.0 Å². The van der Waals surface area contributed by atoms with Crippen LogP contribution in [0.1, 0.15) is 51.2 Å². The van der Waals surface area contributed by atoms with Crippen molar-refractivity contribution >= 4 is 11.6 Å². The molecule has 6 heteroatoms. The van der Waals surface area contributed by atoms with Crippen LogP contribution in [-0.2, 0) is 27.5 Å². The van der Waals surface area contributed by atoms with Gasteiger partial charge in [0, 0.05) is 26.2 Å². The van der Waals surface area contributed by atoms with Crippen LogP contribution in [0.15, 0.2) is 29.4 Å². The first kappa shape index (κ1) is 21.4. The third-order valence-corrected chi connectivity index (χ3v) is 4.44. The van der Waals surface area contributed by atoms with Gasteiger partial charge < -0.3 is 14.9 Å². The van der Waals surface area contributed by atoms with E-state index in [4.69, 9.17) is 9.57 Å². The van der Waals surface area contributed by atoms with Crippen molar-refractivity contribution in [3.8, 4) is 0 Å². The SMILES string of the molecule is CCCCC(ON=C(C)C)C(=O)NCc1cccc(CN2CCOCC2)c1. The lowest BCUT2D eigenvalue weighted by molar-refractivity contribution is -0.133. The van der Waals surface area contributed by atoms with Gasteiger partial charge in [0.15, 0.2) is 0 Å². The molecule has 1 atom stereocenters. The Hall–Kier alpha value is -1.92. The molecule has 0 bridgehead atoms. The molecule has 1 amide bonds. The molecule has 6 nitrogen and oxygen atoms in total. The summed E-state index contributed by atoms with van der Waals surface area (Å²) in [7, 11) is 0. The number of nitrogens with zero attached hydrogens (tertiary/aromatic N) is 2. The van der Waals surface area contributed by atoms with Gasteiger partial charge in [0.25, 0.3) is 5.91 Å². The number of hydrogen-bond acceptors (Lipinski definition) is 5. The van der Waals surface area contributed by atoms with Gasteiger partial charge in [-0.15, -0.1) is 0 Å². The van der Waals surface area contributed by atoms with Crippen LogP contribution in [0.4, 0.5) is 0 Å². The van der Waals surface area contributed by atoms with Gasteiger partial charge in [0.05, 0.1) is 18.9 Å². The van der Waals surface area contributed by atoms with Crippen LogP contribution < -0.4 is 5.32 Å². The minimum atomic E-state index is -0.531. The van der Waals surface area contributed by atoms with Crippen molar-refractivity contribution in [2.24, 2.45) is 5.16 Å². The van der Waals surface area contributed by atoms with Crippen molar-refractivity contribution in [1.82, 2.24) is 10.2 Å². The van der Waals surface area contributed by atoms with E-state index in [1.165, 1.54) is 5.56 Å². The summed E-state index contributed by atoms with van der Waals surface area (Å²) in [5, 5.41) is 6.97. The number of nitrogens with one attached hydrogen (secondary N) is 1. The molecule has 1 aromatic carbocycles. The molecule has 1 fully saturated rings. The third kappa shape index (κ3) is 8.10. The van der Waals surface area contributed by atoms with Crippen molar-refractivity contribution in [1.29, 1.82) is 0 Å². The minimum absolute atomic E-state index is 0.105. The fraction of sp³-hybridized carbons (Fsp3) is 0.619. The Bertz CT molecular complexity index is 608. The van der Waals surface area contributed by atoms with Crippen LogP contribution >= 0.6 is 0 Å². The highest BCUT2D eigenvalue weighted by Gasteiger charge is 2.19. The van der Waals surface area contributed by atoms with E-state index >= 15 is 0 Å². The molecule has 1 aliphatic rings. The second-order valence-electron chi connectivity index (χ2n) is 7.20. The first-order chi connectivity index (χ1) is 13.1. The number of oxime groups is 1. The molecule has 1 aliphatic heterocycles. The molecule has 0 spiro atoms. The number of rotatable bonds is 10. The highest BCUT2D eigenvalue weighted by Crippen LogP contribution is 2.11. The first-order valence-electron chi connectivity index (χ1n) is 9.91. The fourth-order valence-electron chi connectivity index (χ4n) is 2.95. The van der Waals surface area contributed by atoms with Gasteiger partial charge >= 0.3 is 0 Å². The monoisotopic (exact) mass is 375 g/mol. The van der Waals surface area contributed by atoms with Crippen molar-refractivity contribution < 1.29 is 14.4 Å². The summed E-state index contributed by atoms with van der Waals surface area (Å²) in [4.78, 5) is 20.3. The quantitative estimate of drug-likeness (QED) is 0.504. The summed E-state index contributed by atoms with van der Waals surface area (Å²) < 4.78 is 5.40. The van der Waals surface area contributed by atoms with E-state index in [9.17, 15) is 4.79 Å². The van der Waals surface area contributed by atoms with Crippen LogP contribution in [-0.4, -0.2) is 48.9 Å². The Balaban J connectivity index is 1.88. The largest absolute Gasteiger partial charge is 0.382 e. The van der Waals surface area contributed by atoms with E-state index in [-0.39, 0.29) is 5.91 Å². The Morgan fingerprint density at radius 3 is 2.74 bits per heavy atom. The summed E-state index contributed by atoms with van der Waals surface area (Å²) in [6.45, 7) is 10.8. The zero-order chi connectivity index (χ0) is 19.5. The molecule has 1 N–H and O–H groups in total. The summed E-state index contributed by atoms with van der Waals surface area (Å²) in [5.41, 5.74) is 3.16. The molecular formula is C21H33N3O3. The average molecular weight is 376 g/mol. The highest BCUT2D eigenvalue weighted by atomic mass is 16.6. The van der Waals surface area contributed by atoms with Gasteiger partial charge in [0.2, 0.25) is 6.10 Å². The fourth-order valence-corrected chi connectivity index (χ4v) is 2.95.